The van der Waals surface area contributed by atoms with Crippen LogP contribution in [0.1, 0.15) is 17.8 Å². The van der Waals surface area contributed by atoms with E-state index in [1.807, 2.05) is 33.2 Å². The van der Waals surface area contributed by atoms with Gasteiger partial charge in [0.25, 0.3) is 0 Å². The van der Waals surface area contributed by atoms with Crippen LogP contribution in [0.2, 0.25) is 0 Å². The van der Waals surface area contributed by atoms with Crippen LogP contribution in [0.5, 0.6) is 5.75 Å². The van der Waals surface area contributed by atoms with Gasteiger partial charge in [-0.3, -0.25) is 4.98 Å². The molecule has 16 heavy (non-hydrogen) atoms. The third-order valence-electron chi connectivity index (χ3n) is 2.23. The quantitative estimate of drug-likeness (QED) is 0.738. The molecule has 0 aliphatic heterocycles. The van der Waals surface area contributed by atoms with Gasteiger partial charge in [0, 0.05) is 12.2 Å². The van der Waals surface area contributed by atoms with E-state index in [1.165, 1.54) is 0 Å². The molecule has 0 fully saturated rings. The summed E-state index contributed by atoms with van der Waals surface area (Å²) < 4.78 is 5.58. The third-order valence-corrected chi connectivity index (χ3v) is 2.23. The summed E-state index contributed by atoms with van der Waals surface area (Å²) >= 11 is 0. The Morgan fingerprint density at radius 2 is 2.12 bits per heavy atom. The number of pyridine rings is 1. The Kier molecular flexibility index (Phi) is 5.22. The van der Waals surface area contributed by atoms with Crippen LogP contribution in [-0.2, 0) is 6.61 Å². The number of hydrogen-bond donors (Lipinski definition) is 1. The van der Waals surface area contributed by atoms with Crippen molar-refractivity contribution in [2.75, 3.05) is 27.2 Å². The van der Waals surface area contributed by atoms with Gasteiger partial charge in [0.15, 0.2) is 0 Å². The predicted octanol–water partition coefficient (Wildman–Crippen LogP) is 1.21. The molecule has 0 saturated heterocycles. The predicted molar refractivity (Wildman–Crippen MR) is 63.6 cm³/mol. The van der Waals surface area contributed by atoms with E-state index in [-0.39, 0.29) is 6.61 Å². The molecule has 0 atom stereocenters. The smallest absolute Gasteiger partial charge is 0.143 e. The van der Waals surface area contributed by atoms with Gasteiger partial charge >= 0.3 is 0 Å². The zero-order valence-corrected chi connectivity index (χ0v) is 10.2. The molecule has 1 N–H and O–H groups in total. The minimum atomic E-state index is -0.0787. The van der Waals surface area contributed by atoms with E-state index in [9.17, 15) is 0 Å². The molecule has 0 aliphatic carbocycles. The molecule has 0 spiro atoms. The molecule has 0 aromatic carbocycles. The number of aliphatic hydroxyl groups excluding tert-OH is 1. The average molecular weight is 224 g/mol. The van der Waals surface area contributed by atoms with E-state index < -0.39 is 0 Å². The highest BCUT2D eigenvalue weighted by atomic mass is 16.5. The normalized spacial score (nSPS) is 10.8. The summed E-state index contributed by atoms with van der Waals surface area (Å²) in [6.07, 6.45) is 0.964. The van der Waals surface area contributed by atoms with Crippen molar-refractivity contribution < 1.29 is 9.84 Å². The Hall–Kier alpha value is -1.13. The molecule has 1 aromatic heterocycles. The fraction of sp³-hybridized carbons (Fsp3) is 0.583. The van der Waals surface area contributed by atoms with Crippen molar-refractivity contribution in [2.24, 2.45) is 0 Å². The van der Waals surface area contributed by atoms with Crippen molar-refractivity contribution in [1.82, 2.24) is 9.88 Å². The Bertz CT molecular complexity index is 327. The highest BCUT2D eigenvalue weighted by Crippen LogP contribution is 2.16. The first-order valence-electron chi connectivity index (χ1n) is 5.48. The number of rotatable bonds is 6. The number of aryl methyl sites for hydroxylation is 1. The lowest BCUT2D eigenvalue weighted by atomic mass is 10.3. The first-order chi connectivity index (χ1) is 7.63. The Labute approximate surface area is 96.9 Å². The molecule has 90 valence electrons. The SMILES string of the molecule is Cc1ccc(OCCCN(C)C)c(CO)n1. The second kappa shape index (κ2) is 6.45. The van der Waals surface area contributed by atoms with Crippen molar-refractivity contribution in [3.05, 3.63) is 23.5 Å². The standard InChI is InChI=1S/C12H20N2O2/c1-10-5-6-12(11(9-15)13-10)16-8-4-7-14(2)3/h5-6,15H,4,7-9H2,1-3H3. The van der Waals surface area contributed by atoms with Crippen LogP contribution in [0.25, 0.3) is 0 Å². The van der Waals surface area contributed by atoms with Gasteiger partial charge in [-0.25, -0.2) is 0 Å². The van der Waals surface area contributed by atoms with Crippen molar-refractivity contribution in [2.45, 2.75) is 20.0 Å². The van der Waals surface area contributed by atoms with Gasteiger partial charge in [-0.2, -0.15) is 0 Å². The van der Waals surface area contributed by atoms with E-state index in [0.29, 0.717) is 18.1 Å². The molecule has 0 radical (unpaired) electrons. The summed E-state index contributed by atoms with van der Waals surface area (Å²) in [6, 6.07) is 3.75. The number of aromatic nitrogens is 1. The fourth-order valence-electron chi connectivity index (χ4n) is 1.41. The summed E-state index contributed by atoms with van der Waals surface area (Å²) in [5, 5.41) is 9.14. The lowest BCUT2D eigenvalue weighted by Gasteiger charge is -2.12. The maximum atomic E-state index is 9.14. The molecule has 0 bridgehead atoms. The highest BCUT2D eigenvalue weighted by Gasteiger charge is 2.04. The van der Waals surface area contributed by atoms with Gasteiger partial charge in [0.1, 0.15) is 11.4 Å². The summed E-state index contributed by atoms with van der Waals surface area (Å²) in [4.78, 5) is 6.33. The molecule has 1 heterocycles. The Morgan fingerprint density at radius 1 is 1.38 bits per heavy atom. The van der Waals surface area contributed by atoms with Crippen molar-refractivity contribution in [3.8, 4) is 5.75 Å². The number of aliphatic hydroxyl groups is 1. The molecule has 1 rings (SSSR count). The summed E-state index contributed by atoms with van der Waals surface area (Å²) in [7, 11) is 4.07. The number of ether oxygens (including phenoxy) is 1. The molecular formula is C12H20N2O2. The van der Waals surface area contributed by atoms with Crippen LogP contribution in [0.4, 0.5) is 0 Å². The average Bonchev–Trinajstić information content (AvgIpc) is 2.25. The lowest BCUT2D eigenvalue weighted by molar-refractivity contribution is 0.248. The minimum absolute atomic E-state index is 0.0787. The van der Waals surface area contributed by atoms with Gasteiger partial charge in [-0.1, -0.05) is 0 Å². The maximum Gasteiger partial charge on any atom is 0.143 e. The van der Waals surface area contributed by atoms with Gasteiger partial charge in [0.05, 0.1) is 13.2 Å². The molecule has 0 amide bonds. The van der Waals surface area contributed by atoms with Crippen LogP contribution in [0.3, 0.4) is 0 Å². The highest BCUT2D eigenvalue weighted by molar-refractivity contribution is 5.28. The lowest BCUT2D eigenvalue weighted by Crippen LogP contribution is -2.15. The zero-order chi connectivity index (χ0) is 12.0. The molecule has 4 nitrogen and oxygen atoms in total. The first kappa shape index (κ1) is 12.9. The topological polar surface area (TPSA) is 45.6 Å². The van der Waals surface area contributed by atoms with Gasteiger partial charge < -0.3 is 14.7 Å². The van der Waals surface area contributed by atoms with E-state index >= 15 is 0 Å². The van der Waals surface area contributed by atoms with Crippen molar-refractivity contribution in [1.29, 1.82) is 0 Å². The summed E-state index contributed by atoms with van der Waals surface area (Å²) in [5.74, 6) is 0.687. The monoisotopic (exact) mass is 224 g/mol. The van der Waals surface area contributed by atoms with Crippen LogP contribution in [0.15, 0.2) is 12.1 Å². The zero-order valence-electron chi connectivity index (χ0n) is 10.2. The molecule has 0 aliphatic rings. The Morgan fingerprint density at radius 3 is 2.75 bits per heavy atom. The molecule has 0 saturated carbocycles. The van der Waals surface area contributed by atoms with E-state index in [0.717, 1.165) is 18.7 Å². The molecule has 1 aromatic rings. The second-order valence-corrected chi connectivity index (χ2v) is 4.06. The van der Waals surface area contributed by atoms with Gasteiger partial charge in [-0.05, 0) is 39.6 Å². The summed E-state index contributed by atoms with van der Waals surface area (Å²) in [5.41, 5.74) is 1.51. The molecular weight excluding hydrogens is 204 g/mol. The Balaban J connectivity index is 2.47. The van der Waals surface area contributed by atoms with E-state index in [2.05, 4.69) is 9.88 Å². The van der Waals surface area contributed by atoms with E-state index in [1.54, 1.807) is 0 Å². The van der Waals surface area contributed by atoms with Crippen LogP contribution in [0, 0.1) is 6.92 Å². The van der Waals surface area contributed by atoms with E-state index in [4.69, 9.17) is 9.84 Å². The van der Waals surface area contributed by atoms with Crippen molar-refractivity contribution >= 4 is 0 Å². The minimum Gasteiger partial charge on any atom is -0.492 e. The third kappa shape index (κ3) is 4.16. The summed E-state index contributed by atoms with van der Waals surface area (Å²) in [6.45, 7) is 3.46. The fourth-order valence-corrected chi connectivity index (χ4v) is 1.41. The number of hydrogen-bond acceptors (Lipinski definition) is 4. The number of nitrogens with zero attached hydrogens (tertiary/aromatic N) is 2. The second-order valence-electron chi connectivity index (χ2n) is 4.06. The van der Waals surface area contributed by atoms with Crippen LogP contribution >= 0.6 is 0 Å². The van der Waals surface area contributed by atoms with Gasteiger partial charge in [0.2, 0.25) is 0 Å². The first-order valence-corrected chi connectivity index (χ1v) is 5.48. The van der Waals surface area contributed by atoms with Crippen LogP contribution in [-0.4, -0.2) is 42.2 Å². The molecule has 0 unspecified atom stereocenters. The van der Waals surface area contributed by atoms with Gasteiger partial charge in [-0.15, -0.1) is 0 Å². The maximum absolute atomic E-state index is 9.14. The van der Waals surface area contributed by atoms with Crippen molar-refractivity contribution in [3.63, 3.8) is 0 Å². The molecule has 4 heteroatoms. The largest absolute Gasteiger partial charge is 0.492 e. The van der Waals surface area contributed by atoms with Crippen LogP contribution < -0.4 is 4.74 Å².